The molecule has 2 aromatic heterocycles. The van der Waals surface area contributed by atoms with Crippen molar-refractivity contribution in [3.05, 3.63) is 90.6 Å². The molecule has 3 N–H and O–H groups in total. The first kappa shape index (κ1) is 17.4. The van der Waals surface area contributed by atoms with Gasteiger partial charge in [0.1, 0.15) is 11.6 Å². The number of rotatable bonds is 7. The third kappa shape index (κ3) is 4.99. The Balaban J connectivity index is 1.47. The Morgan fingerprint density at radius 1 is 0.966 bits per heavy atom. The normalized spacial score (nSPS) is 11.7. The van der Waals surface area contributed by atoms with E-state index in [0.29, 0.717) is 34.1 Å². The van der Waals surface area contributed by atoms with Crippen molar-refractivity contribution in [3.8, 4) is 11.3 Å². The molecule has 29 heavy (non-hydrogen) atoms. The first-order valence-corrected chi connectivity index (χ1v) is 10.5. The number of nitrogens with one attached hydrogen (secondary N) is 3. The standard InChI is InChI=1S/C21H19N5O2S/c27-29(28,15-16-6-2-1-3-7-16)26-18-11-9-17(10-12-18)19-14-21(25-24-19)23-20-8-4-5-13-22-20/h1-14,26H,15H2,(H2,22,23,24,25)/i14D. The van der Waals surface area contributed by atoms with Crippen LogP contribution >= 0.6 is 0 Å². The van der Waals surface area contributed by atoms with Gasteiger partial charge in [0.05, 0.1) is 12.8 Å². The molecule has 7 nitrogen and oxygen atoms in total. The molecule has 4 aromatic rings. The van der Waals surface area contributed by atoms with Crippen LogP contribution in [0.3, 0.4) is 0 Å². The molecule has 0 fully saturated rings. The quantitative estimate of drug-likeness (QED) is 0.428. The zero-order chi connectivity index (χ0) is 21.0. The summed E-state index contributed by atoms with van der Waals surface area (Å²) in [5.41, 5.74) is 2.30. The van der Waals surface area contributed by atoms with E-state index < -0.39 is 10.0 Å². The van der Waals surface area contributed by atoms with Gasteiger partial charge in [-0.3, -0.25) is 9.82 Å². The molecule has 4 rings (SSSR count). The highest BCUT2D eigenvalue weighted by atomic mass is 32.2. The molecule has 0 atom stereocenters. The summed E-state index contributed by atoms with van der Waals surface area (Å²) in [5.74, 6) is 0.926. The van der Waals surface area contributed by atoms with Crippen molar-refractivity contribution < 1.29 is 9.79 Å². The fourth-order valence-corrected chi connectivity index (χ4v) is 3.95. The van der Waals surface area contributed by atoms with E-state index in [2.05, 4.69) is 25.2 Å². The average Bonchev–Trinajstić information content (AvgIpc) is 3.10. The molecule has 2 aromatic carbocycles. The molecule has 0 bridgehead atoms. The number of aromatic amines is 1. The lowest BCUT2D eigenvalue weighted by Gasteiger charge is -2.08. The second-order valence-electron chi connectivity index (χ2n) is 6.34. The van der Waals surface area contributed by atoms with Gasteiger partial charge in [-0.2, -0.15) is 5.10 Å². The molecule has 0 spiro atoms. The van der Waals surface area contributed by atoms with Crippen molar-refractivity contribution in [2.24, 2.45) is 0 Å². The molecule has 0 radical (unpaired) electrons. The highest BCUT2D eigenvalue weighted by Gasteiger charge is 2.12. The Morgan fingerprint density at radius 2 is 1.72 bits per heavy atom. The molecule has 0 aliphatic heterocycles. The first-order chi connectivity index (χ1) is 14.5. The summed E-state index contributed by atoms with van der Waals surface area (Å²) >= 11 is 0. The Labute approximate surface area is 170 Å². The van der Waals surface area contributed by atoms with Crippen LogP contribution in [0.1, 0.15) is 6.93 Å². The van der Waals surface area contributed by atoms with Crippen LogP contribution in [-0.2, 0) is 15.8 Å². The summed E-state index contributed by atoms with van der Waals surface area (Å²) in [7, 11) is -3.53. The van der Waals surface area contributed by atoms with Crippen molar-refractivity contribution in [1.82, 2.24) is 15.2 Å². The van der Waals surface area contributed by atoms with Gasteiger partial charge in [-0.25, -0.2) is 13.4 Å². The Hall–Kier alpha value is -3.65. The minimum absolute atomic E-state index is 0.103. The van der Waals surface area contributed by atoms with Gasteiger partial charge in [0.15, 0.2) is 0 Å². The maximum atomic E-state index is 12.4. The third-order valence-electron chi connectivity index (χ3n) is 4.07. The van der Waals surface area contributed by atoms with E-state index >= 15 is 0 Å². The van der Waals surface area contributed by atoms with Crippen molar-refractivity contribution in [1.29, 1.82) is 0 Å². The van der Waals surface area contributed by atoms with Crippen LogP contribution in [0.2, 0.25) is 0 Å². The van der Waals surface area contributed by atoms with Crippen LogP contribution in [0.4, 0.5) is 17.3 Å². The average molecular weight is 406 g/mol. The predicted octanol–water partition coefficient (Wildman–Crippen LogP) is 4.16. The SMILES string of the molecule is [2H]c1c(-c2ccc(NS(=O)(=O)Cc3ccccc3)cc2)n[nH]c1Nc1ccccn1. The van der Waals surface area contributed by atoms with Crippen LogP contribution in [-0.4, -0.2) is 23.6 Å². The molecule has 0 amide bonds. The lowest BCUT2D eigenvalue weighted by molar-refractivity contribution is 0.600. The number of anilines is 3. The van der Waals surface area contributed by atoms with Gasteiger partial charge in [-0.1, -0.05) is 48.5 Å². The fourth-order valence-electron chi connectivity index (χ4n) is 2.75. The topological polar surface area (TPSA) is 99.8 Å². The van der Waals surface area contributed by atoms with E-state index in [9.17, 15) is 8.42 Å². The molecule has 0 unspecified atom stereocenters. The number of hydrogen-bond donors (Lipinski definition) is 3. The Morgan fingerprint density at radius 3 is 2.45 bits per heavy atom. The first-order valence-electron chi connectivity index (χ1n) is 9.38. The smallest absolute Gasteiger partial charge is 0.236 e. The van der Waals surface area contributed by atoms with E-state index in [1.807, 2.05) is 12.1 Å². The molecule has 0 saturated carbocycles. The second-order valence-corrected chi connectivity index (χ2v) is 8.06. The second kappa shape index (κ2) is 8.15. The molecule has 146 valence electrons. The third-order valence-corrected chi connectivity index (χ3v) is 5.33. The molecular formula is C21H19N5O2S. The minimum Gasteiger partial charge on any atom is -0.325 e. The number of benzene rings is 2. The fraction of sp³-hybridized carbons (Fsp3) is 0.0476. The number of H-pyrrole nitrogens is 1. The van der Waals surface area contributed by atoms with Crippen molar-refractivity contribution in [2.75, 3.05) is 10.0 Å². The highest BCUT2D eigenvalue weighted by Crippen LogP contribution is 2.23. The lowest BCUT2D eigenvalue weighted by atomic mass is 10.1. The Kier molecular flexibility index (Phi) is 4.91. The van der Waals surface area contributed by atoms with Gasteiger partial charge in [0.25, 0.3) is 0 Å². The van der Waals surface area contributed by atoms with Gasteiger partial charge in [0, 0.05) is 23.5 Å². The highest BCUT2D eigenvalue weighted by molar-refractivity contribution is 7.91. The van der Waals surface area contributed by atoms with E-state index in [1.165, 1.54) is 0 Å². The molecule has 2 heterocycles. The summed E-state index contributed by atoms with van der Waals surface area (Å²) < 4.78 is 35.7. The largest absolute Gasteiger partial charge is 0.325 e. The van der Waals surface area contributed by atoms with Gasteiger partial charge in [0.2, 0.25) is 10.0 Å². The molecule has 0 aliphatic rings. The predicted molar refractivity (Wildman–Crippen MR) is 114 cm³/mol. The maximum Gasteiger partial charge on any atom is 0.236 e. The number of pyridine rings is 1. The summed E-state index contributed by atoms with van der Waals surface area (Å²) in [6.07, 6.45) is 1.65. The minimum atomic E-state index is -3.53. The van der Waals surface area contributed by atoms with Gasteiger partial charge >= 0.3 is 0 Å². The van der Waals surface area contributed by atoms with Crippen LogP contribution in [0.5, 0.6) is 0 Å². The molecule has 8 heteroatoms. The number of aromatic nitrogens is 3. The van der Waals surface area contributed by atoms with Crippen LogP contribution < -0.4 is 10.0 Å². The van der Waals surface area contributed by atoms with Crippen LogP contribution in [0, 0.1) is 0 Å². The summed E-state index contributed by atoms with van der Waals surface area (Å²) in [6.45, 7) is 0. The van der Waals surface area contributed by atoms with Crippen molar-refractivity contribution >= 4 is 27.3 Å². The van der Waals surface area contributed by atoms with Gasteiger partial charge in [-0.15, -0.1) is 0 Å². The summed E-state index contributed by atoms with van der Waals surface area (Å²) in [4.78, 5) is 4.17. The maximum absolute atomic E-state index is 12.4. The Bertz CT molecular complexity index is 1230. The van der Waals surface area contributed by atoms with Crippen molar-refractivity contribution in [2.45, 2.75) is 5.75 Å². The lowest BCUT2D eigenvalue weighted by Crippen LogP contribution is -2.14. The van der Waals surface area contributed by atoms with E-state index in [-0.39, 0.29) is 11.8 Å². The molecule has 0 saturated heterocycles. The summed E-state index contributed by atoms with van der Waals surface area (Å²) in [6, 6.07) is 21.4. The van der Waals surface area contributed by atoms with E-state index in [0.717, 1.165) is 0 Å². The van der Waals surface area contributed by atoms with Crippen LogP contribution in [0.25, 0.3) is 11.3 Å². The number of hydrogen-bond acceptors (Lipinski definition) is 5. The van der Waals surface area contributed by atoms with Gasteiger partial charge in [-0.05, 0) is 29.8 Å². The zero-order valence-electron chi connectivity index (χ0n) is 16.3. The zero-order valence-corrected chi connectivity index (χ0v) is 16.1. The number of nitrogens with zero attached hydrogens (tertiary/aromatic N) is 2. The van der Waals surface area contributed by atoms with E-state index in [4.69, 9.17) is 1.37 Å². The number of sulfonamides is 1. The molecule has 0 aliphatic carbocycles. The van der Waals surface area contributed by atoms with Crippen molar-refractivity contribution in [3.63, 3.8) is 0 Å². The molecular weight excluding hydrogens is 386 g/mol. The summed E-state index contributed by atoms with van der Waals surface area (Å²) in [5, 5.41) is 10.0. The van der Waals surface area contributed by atoms with E-state index in [1.54, 1.807) is 66.9 Å². The van der Waals surface area contributed by atoms with Gasteiger partial charge < -0.3 is 5.32 Å². The van der Waals surface area contributed by atoms with Crippen LogP contribution in [0.15, 0.2) is 85.0 Å². The monoisotopic (exact) mass is 406 g/mol.